The number of hydrogen-bond donors (Lipinski definition) is 2. The summed E-state index contributed by atoms with van der Waals surface area (Å²) < 4.78 is 13.2. The van der Waals surface area contributed by atoms with Crippen molar-refractivity contribution in [2.75, 3.05) is 39.3 Å². The van der Waals surface area contributed by atoms with Crippen LogP contribution in [0.2, 0.25) is 0 Å². The molecular formula is C18H26FN3O. The topological polar surface area (TPSA) is 44.4 Å². The predicted octanol–water partition coefficient (Wildman–Crippen LogP) is 1.73. The highest BCUT2D eigenvalue weighted by Gasteiger charge is 2.51. The molecule has 2 fully saturated rings. The molecule has 4 nitrogen and oxygen atoms in total. The smallest absolute Gasteiger partial charge is 0.227 e. The summed E-state index contributed by atoms with van der Waals surface area (Å²) in [6, 6.07) is 6.66. The van der Waals surface area contributed by atoms with E-state index in [4.69, 9.17) is 0 Å². The molecule has 0 saturated carbocycles. The van der Waals surface area contributed by atoms with E-state index < -0.39 is 0 Å². The van der Waals surface area contributed by atoms with Crippen molar-refractivity contribution in [3.63, 3.8) is 0 Å². The number of nitrogens with zero attached hydrogens (tertiary/aromatic N) is 1. The zero-order valence-corrected chi connectivity index (χ0v) is 13.8. The summed E-state index contributed by atoms with van der Waals surface area (Å²) in [5.41, 5.74) is 0.762. The van der Waals surface area contributed by atoms with Gasteiger partial charge in [-0.1, -0.05) is 19.1 Å². The van der Waals surface area contributed by atoms with Gasteiger partial charge >= 0.3 is 0 Å². The van der Waals surface area contributed by atoms with Crippen LogP contribution in [0.4, 0.5) is 4.39 Å². The second kappa shape index (κ2) is 6.97. The average molecular weight is 319 g/mol. The lowest BCUT2D eigenvalue weighted by Crippen LogP contribution is -2.47. The third-order valence-electron chi connectivity index (χ3n) is 5.46. The van der Waals surface area contributed by atoms with Crippen molar-refractivity contribution >= 4 is 5.91 Å². The molecule has 1 spiro atoms. The van der Waals surface area contributed by atoms with Gasteiger partial charge in [-0.05, 0) is 50.2 Å². The highest BCUT2D eigenvalue weighted by molar-refractivity contribution is 5.86. The van der Waals surface area contributed by atoms with Gasteiger partial charge in [-0.15, -0.1) is 0 Å². The standard InChI is InChI=1S/C18H26FN3O/c1-2-20-9-12-22-10-7-18(8-11-22)16(13-21-17(18)23)14-3-5-15(19)6-4-14/h3-6,16,20H,2,7-13H2,1H3,(H,21,23)/t16-/m1/s1. The summed E-state index contributed by atoms with van der Waals surface area (Å²) in [6.07, 6.45) is 1.76. The first-order valence-electron chi connectivity index (χ1n) is 8.62. The molecule has 1 amide bonds. The van der Waals surface area contributed by atoms with Crippen molar-refractivity contribution in [1.82, 2.24) is 15.5 Å². The molecule has 5 heteroatoms. The molecule has 1 aromatic carbocycles. The Hall–Kier alpha value is -1.46. The number of piperidine rings is 1. The van der Waals surface area contributed by atoms with Crippen LogP contribution < -0.4 is 10.6 Å². The fourth-order valence-corrected chi connectivity index (χ4v) is 4.02. The zero-order valence-electron chi connectivity index (χ0n) is 13.8. The van der Waals surface area contributed by atoms with E-state index in [0.717, 1.165) is 51.1 Å². The minimum absolute atomic E-state index is 0.159. The summed E-state index contributed by atoms with van der Waals surface area (Å²) in [5, 5.41) is 6.40. The maximum Gasteiger partial charge on any atom is 0.227 e. The van der Waals surface area contributed by atoms with Crippen LogP contribution in [0.1, 0.15) is 31.2 Å². The number of nitrogens with one attached hydrogen (secondary N) is 2. The van der Waals surface area contributed by atoms with Gasteiger partial charge in [-0.25, -0.2) is 4.39 Å². The van der Waals surface area contributed by atoms with Gasteiger partial charge in [0, 0.05) is 25.6 Å². The lowest BCUT2D eigenvalue weighted by atomic mass is 9.68. The largest absolute Gasteiger partial charge is 0.355 e. The van der Waals surface area contributed by atoms with Crippen LogP contribution in [0, 0.1) is 11.2 Å². The van der Waals surface area contributed by atoms with Crippen LogP contribution >= 0.6 is 0 Å². The molecule has 2 heterocycles. The van der Waals surface area contributed by atoms with Gasteiger partial charge < -0.3 is 15.5 Å². The minimum atomic E-state index is -0.313. The maximum atomic E-state index is 13.2. The van der Waals surface area contributed by atoms with Crippen molar-refractivity contribution < 1.29 is 9.18 Å². The summed E-state index contributed by atoms with van der Waals surface area (Å²) in [7, 11) is 0. The SMILES string of the molecule is CCNCCN1CCC2(CC1)C(=O)NC[C@@H]2c1ccc(F)cc1. The summed E-state index contributed by atoms with van der Waals surface area (Å²) in [5.74, 6) is 0.114. The number of hydrogen-bond acceptors (Lipinski definition) is 3. The van der Waals surface area contributed by atoms with Crippen molar-refractivity contribution in [2.45, 2.75) is 25.7 Å². The Kier molecular flexibility index (Phi) is 4.97. The molecule has 0 bridgehead atoms. The maximum absolute atomic E-state index is 13.2. The van der Waals surface area contributed by atoms with E-state index in [0.29, 0.717) is 6.54 Å². The quantitative estimate of drug-likeness (QED) is 0.813. The Bertz CT molecular complexity index is 538. The molecular weight excluding hydrogens is 293 g/mol. The van der Waals surface area contributed by atoms with Gasteiger partial charge in [0.05, 0.1) is 5.41 Å². The van der Waals surface area contributed by atoms with E-state index >= 15 is 0 Å². The first kappa shape index (κ1) is 16.4. The lowest BCUT2D eigenvalue weighted by molar-refractivity contribution is -0.130. The molecule has 0 radical (unpaired) electrons. The van der Waals surface area contributed by atoms with E-state index in [1.165, 1.54) is 12.1 Å². The summed E-state index contributed by atoms with van der Waals surface area (Å²) in [4.78, 5) is 15.0. The second-order valence-electron chi connectivity index (χ2n) is 6.67. The van der Waals surface area contributed by atoms with Gasteiger partial charge in [0.15, 0.2) is 0 Å². The molecule has 0 aliphatic carbocycles. The number of rotatable bonds is 5. The number of carbonyl (C=O) groups excluding carboxylic acids is 1. The van der Waals surface area contributed by atoms with Gasteiger partial charge in [0.1, 0.15) is 5.82 Å². The van der Waals surface area contributed by atoms with Gasteiger partial charge in [-0.2, -0.15) is 0 Å². The van der Waals surface area contributed by atoms with E-state index in [9.17, 15) is 9.18 Å². The molecule has 23 heavy (non-hydrogen) atoms. The third-order valence-corrected chi connectivity index (χ3v) is 5.46. The summed E-state index contributed by atoms with van der Waals surface area (Å²) in [6.45, 7) is 7.72. The molecule has 2 aliphatic rings. The Morgan fingerprint density at radius 3 is 2.65 bits per heavy atom. The molecule has 2 saturated heterocycles. The van der Waals surface area contributed by atoms with E-state index in [2.05, 4.69) is 22.5 Å². The van der Waals surface area contributed by atoms with E-state index in [1.807, 2.05) is 12.1 Å². The predicted molar refractivity (Wildman–Crippen MR) is 88.8 cm³/mol. The third kappa shape index (κ3) is 3.26. The number of halogens is 1. The molecule has 0 aromatic heterocycles. The fourth-order valence-electron chi connectivity index (χ4n) is 4.02. The van der Waals surface area contributed by atoms with Gasteiger partial charge in [0.2, 0.25) is 5.91 Å². The van der Waals surface area contributed by atoms with Gasteiger partial charge in [0.25, 0.3) is 0 Å². The number of amides is 1. The van der Waals surface area contributed by atoms with Crippen LogP contribution in [0.25, 0.3) is 0 Å². The summed E-state index contributed by atoms with van der Waals surface area (Å²) >= 11 is 0. The van der Waals surface area contributed by atoms with Crippen LogP contribution in [-0.4, -0.2) is 50.1 Å². The Balaban J connectivity index is 1.69. The fraction of sp³-hybridized carbons (Fsp3) is 0.611. The molecule has 0 unspecified atom stereocenters. The van der Waals surface area contributed by atoms with Crippen LogP contribution in [0.15, 0.2) is 24.3 Å². The molecule has 3 rings (SSSR count). The number of benzene rings is 1. The molecule has 2 N–H and O–H groups in total. The van der Waals surface area contributed by atoms with Crippen molar-refractivity contribution in [3.8, 4) is 0 Å². The molecule has 1 atom stereocenters. The highest BCUT2D eigenvalue weighted by atomic mass is 19.1. The van der Waals surface area contributed by atoms with Crippen molar-refractivity contribution in [3.05, 3.63) is 35.6 Å². The van der Waals surface area contributed by atoms with Crippen LogP contribution in [-0.2, 0) is 4.79 Å². The van der Waals surface area contributed by atoms with Gasteiger partial charge in [-0.3, -0.25) is 4.79 Å². The normalized spacial score (nSPS) is 24.1. The average Bonchev–Trinajstić information content (AvgIpc) is 2.87. The van der Waals surface area contributed by atoms with E-state index in [1.54, 1.807) is 0 Å². The number of likely N-dealkylation sites (N-methyl/N-ethyl adjacent to an activating group) is 1. The molecule has 126 valence electrons. The van der Waals surface area contributed by atoms with Crippen molar-refractivity contribution in [1.29, 1.82) is 0 Å². The minimum Gasteiger partial charge on any atom is -0.355 e. The zero-order chi connectivity index (χ0) is 16.3. The van der Waals surface area contributed by atoms with Crippen molar-refractivity contribution in [2.24, 2.45) is 5.41 Å². The van der Waals surface area contributed by atoms with E-state index in [-0.39, 0.29) is 23.1 Å². The number of likely N-dealkylation sites (tertiary alicyclic amines) is 1. The number of carbonyl (C=O) groups is 1. The first-order chi connectivity index (χ1) is 11.2. The van der Waals surface area contributed by atoms with Crippen LogP contribution in [0.5, 0.6) is 0 Å². The molecule has 2 aliphatic heterocycles. The lowest BCUT2D eigenvalue weighted by Gasteiger charge is -2.41. The van der Waals surface area contributed by atoms with Crippen LogP contribution in [0.3, 0.4) is 0 Å². The second-order valence-corrected chi connectivity index (χ2v) is 6.67. The monoisotopic (exact) mass is 319 g/mol. The Morgan fingerprint density at radius 1 is 1.30 bits per heavy atom. The molecule has 1 aromatic rings. The Morgan fingerprint density at radius 2 is 2.00 bits per heavy atom. The highest BCUT2D eigenvalue weighted by Crippen LogP contribution is 2.47. The Labute approximate surface area is 137 Å². The first-order valence-corrected chi connectivity index (χ1v) is 8.62.